The lowest BCUT2D eigenvalue weighted by Gasteiger charge is -2.09. The zero-order valence-corrected chi connectivity index (χ0v) is 11.0. The van der Waals surface area contributed by atoms with E-state index in [1.807, 2.05) is 0 Å². The zero-order valence-electron chi connectivity index (χ0n) is 10.2. The molecule has 0 aliphatic carbocycles. The highest BCUT2D eigenvalue weighted by Crippen LogP contribution is 2.21. The number of benzene rings is 1. The predicted molar refractivity (Wildman–Crippen MR) is 72.8 cm³/mol. The number of anilines is 1. The zero-order chi connectivity index (χ0) is 14.0. The molecule has 2 rings (SSSR count). The van der Waals surface area contributed by atoms with Gasteiger partial charge in [-0.3, -0.25) is 4.68 Å². The molecule has 1 aromatic carbocycles. The van der Waals surface area contributed by atoms with Crippen molar-refractivity contribution < 1.29 is 8.78 Å². The lowest BCUT2D eigenvalue weighted by atomic mass is 10.2. The van der Waals surface area contributed by atoms with E-state index in [0.29, 0.717) is 0 Å². The van der Waals surface area contributed by atoms with Gasteiger partial charge in [0, 0.05) is 30.9 Å². The van der Waals surface area contributed by atoms with Gasteiger partial charge in [-0.15, -0.1) is 0 Å². The molecule has 0 saturated carbocycles. The Morgan fingerprint density at radius 2 is 2.05 bits per heavy atom. The molecule has 2 aromatic rings. The van der Waals surface area contributed by atoms with Crippen molar-refractivity contribution in [3.63, 3.8) is 0 Å². The second-order valence-corrected chi connectivity index (χ2v) is 4.49. The largest absolute Gasteiger partial charge is 0.389 e. The van der Waals surface area contributed by atoms with Gasteiger partial charge in [0.15, 0.2) is 0 Å². The Morgan fingerprint density at radius 1 is 1.42 bits per heavy atom. The summed E-state index contributed by atoms with van der Waals surface area (Å²) in [6.07, 6.45) is 3.37. The van der Waals surface area contributed by atoms with Crippen LogP contribution in [0.15, 0.2) is 24.5 Å². The fourth-order valence-corrected chi connectivity index (χ4v) is 1.76. The third-order valence-electron chi connectivity index (χ3n) is 2.55. The van der Waals surface area contributed by atoms with Gasteiger partial charge in [-0.05, 0) is 12.1 Å². The van der Waals surface area contributed by atoms with Crippen LogP contribution < -0.4 is 11.1 Å². The van der Waals surface area contributed by atoms with Crippen molar-refractivity contribution in [2.75, 3.05) is 5.32 Å². The van der Waals surface area contributed by atoms with Gasteiger partial charge in [-0.1, -0.05) is 12.2 Å². The summed E-state index contributed by atoms with van der Waals surface area (Å²) in [7, 11) is 1.77. The molecule has 1 aromatic heterocycles. The van der Waals surface area contributed by atoms with Crippen LogP contribution >= 0.6 is 12.2 Å². The standard InChI is InChI=1S/C12H12F2N4S/c1-18-6-7(5-17-18)4-16-11-9(13)2-8(12(15)19)3-10(11)14/h2-3,5-6,16H,4H2,1H3,(H2,15,19). The monoisotopic (exact) mass is 282 g/mol. The lowest BCUT2D eigenvalue weighted by Crippen LogP contribution is -2.12. The second kappa shape index (κ2) is 5.31. The molecule has 19 heavy (non-hydrogen) atoms. The fourth-order valence-electron chi connectivity index (χ4n) is 1.64. The first kappa shape index (κ1) is 13.4. The van der Waals surface area contributed by atoms with E-state index in [2.05, 4.69) is 22.6 Å². The molecule has 100 valence electrons. The Labute approximate surface area is 114 Å². The average molecular weight is 282 g/mol. The SMILES string of the molecule is Cn1cc(CNc2c(F)cc(C(N)=S)cc2F)cn1. The van der Waals surface area contributed by atoms with Gasteiger partial charge in [0.1, 0.15) is 22.3 Å². The van der Waals surface area contributed by atoms with E-state index < -0.39 is 11.6 Å². The van der Waals surface area contributed by atoms with Crippen LogP contribution in [0.2, 0.25) is 0 Å². The van der Waals surface area contributed by atoms with Crippen molar-refractivity contribution in [3.05, 3.63) is 47.3 Å². The Morgan fingerprint density at radius 3 is 2.53 bits per heavy atom. The fraction of sp³-hybridized carbons (Fsp3) is 0.167. The number of rotatable bonds is 4. The predicted octanol–water partition coefficient (Wildman–Crippen LogP) is 1.94. The summed E-state index contributed by atoms with van der Waals surface area (Å²) in [6, 6.07) is 2.22. The number of nitrogens with two attached hydrogens (primary N) is 1. The number of thiocarbonyl (C=S) groups is 1. The molecule has 0 atom stereocenters. The van der Waals surface area contributed by atoms with E-state index in [9.17, 15) is 8.78 Å². The molecule has 0 bridgehead atoms. The smallest absolute Gasteiger partial charge is 0.150 e. The van der Waals surface area contributed by atoms with Gasteiger partial charge in [0.05, 0.1) is 6.20 Å². The van der Waals surface area contributed by atoms with Gasteiger partial charge in [-0.2, -0.15) is 5.10 Å². The molecular weight excluding hydrogens is 270 g/mol. The molecule has 0 aliphatic heterocycles. The van der Waals surface area contributed by atoms with Gasteiger partial charge in [0.25, 0.3) is 0 Å². The maximum Gasteiger partial charge on any atom is 0.150 e. The molecular formula is C12H12F2N4S. The molecule has 0 aliphatic rings. The van der Waals surface area contributed by atoms with E-state index in [0.717, 1.165) is 17.7 Å². The minimum atomic E-state index is -0.730. The third-order valence-corrected chi connectivity index (χ3v) is 2.79. The minimum Gasteiger partial charge on any atom is -0.389 e. The maximum atomic E-state index is 13.7. The summed E-state index contributed by atoms with van der Waals surface area (Å²) in [5.74, 6) is -1.46. The first-order valence-corrected chi connectivity index (χ1v) is 5.88. The summed E-state index contributed by atoms with van der Waals surface area (Å²) in [4.78, 5) is -0.0448. The summed E-state index contributed by atoms with van der Waals surface area (Å²) in [5, 5.41) is 6.66. The van der Waals surface area contributed by atoms with E-state index in [1.54, 1.807) is 24.1 Å². The molecule has 0 unspecified atom stereocenters. The Kier molecular flexibility index (Phi) is 3.75. The van der Waals surface area contributed by atoms with E-state index in [-0.39, 0.29) is 22.8 Å². The van der Waals surface area contributed by atoms with Crippen molar-refractivity contribution in [2.24, 2.45) is 12.8 Å². The first-order chi connectivity index (χ1) is 8.97. The number of halogens is 2. The van der Waals surface area contributed by atoms with Crippen LogP contribution in [-0.4, -0.2) is 14.8 Å². The molecule has 0 saturated heterocycles. The molecule has 0 spiro atoms. The van der Waals surface area contributed by atoms with Crippen molar-refractivity contribution in [2.45, 2.75) is 6.54 Å². The van der Waals surface area contributed by atoms with E-state index in [1.165, 1.54) is 0 Å². The molecule has 0 fully saturated rings. The van der Waals surface area contributed by atoms with Crippen LogP contribution in [0, 0.1) is 11.6 Å². The van der Waals surface area contributed by atoms with Crippen molar-refractivity contribution in [1.82, 2.24) is 9.78 Å². The first-order valence-electron chi connectivity index (χ1n) is 5.47. The summed E-state index contributed by atoms with van der Waals surface area (Å²) >= 11 is 4.68. The summed E-state index contributed by atoms with van der Waals surface area (Å²) in [6.45, 7) is 0.272. The van der Waals surface area contributed by atoms with Crippen LogP contribution in [0.5, 0.6) is 0 Å². The highest BCUT2D eigenvalue weighted by Gasteiger charge is 2.12. The van der Waals surface area contributed by atoms with Crippen molar-refractivity contribution in [3.8, 4) is 0 Å². The van der Waals surface area contributed by atoms with Crippen LogP contribution in [0.1, 0.15) is 11.1 Å². The number of hydrogen-bond donors (Lipinski definition) is 2. The lowest BCUT2D eigenvalue weighted by molar-refractivity contribution is 0.587. The number of aryl methyl sites for hydroxylation is 1. The van der Waals surface area contributed by atoms with Crippen LogP contribution in [0.25, 0.3) is 0 Å². The van der Waals surface area contributed by atoms with Crippen molar-refractivity contribution >= 4 is 22.9 Å². The van der Waals surface area contributed by atoms with Crippen molar-refractivity contribution in [1.29, 1.82) is 0 Å². The van der Waals surface area contributed by atoms with E-state index >= 15 is 0 Å². The molecule has 0 radical (unpaired) electrons. The Hall–Kier alpha value is -2.02. The third kappa shape index (κ3) is 3.05. The topological polar surface area (TPSA) is 55.9 Å². The maximum absolute atomic E-state index is 13.7. The van der Waals surface area contributed by atoms with Crippen LogP contribution in [0.4, 0.5) is 14.5 Å². The number of aromatic nitrogens is 2. The normalized spacial score (nSPS) is 10.5. The molecule has 1 heterocycles. The highest BCUT2D eigenvalue weighted by atomic mass is 32.1. The Bertz CT molecular complexity index is 601. The Balaban J connectivity index is 2.18. The summed E-state index contributed by atoms with van der Waals surface area (Å²) < 4.78 is 29.1. The molecule has 4 nitrogen and oxygen atoms in total. The van der Waals surface area contributed by atoms with Gasteiger partial charge >= 0.3 is 0 Å². The van der Waals surface area contributed by atoms with Gasteiger partial charge in [-0.25, -0.2) is 8.78 Å². The van der Waals surface area contributed by atoms with Gasteiger partial charge < -0.3 is 11.1 Å². The quantitative estimate of drug-likeness (QED) is 0.842. The number of nitrogens with zero attached hydrogens (tertiary/aromatic N) is 2. The molecule has 0 amide bonds. The highest BCUT2D eigenvalue weighted by molar-refractivity contribution is 7.80. The summed E-state index contributed by atoms with van der Waals surface area (Å²) in [5.41, 5.74) is 6.11. The van der Waals surface area contributed by atoms with E-state index in [4.69, 9.17) is 5.73 Å². The average Bonchev–Trinajstić information content (AvgIpc) is 2.73. The minimum absolute atomic E-state index is 0.0448. The van der Waals surface area contributed by atoms with Gasteiger partial charge in [0.2, 0.25) is 0 Å². The van der Waals surface area contributed by atoms with Crippen LogP contribution in [-0.2, 0) is 13.6 Å². The number of hydrogen-bond acceptors (Lipinski definition) is 3. The van der Waals surface area contributed by atoms with Crippen LogP contribution in [0.3, 0.4) is 0 Å². The molecule has 7 heteroatoms. The molecule has 3 N–H and O–H groups in total. The number of nitrogens with one attached hydrogen (secondary N) is 1. The second-order valence-electron chi connectivity index (χ2n) is 4.05.